The van der Waals surface area contributed by atoms with Crippen LogP contribution in [0.1, 0.15) is 0 Å². The highest BCUT2D eigenvalue weighted by molar-refractivity contribution is 7.82. The van der Waals surface area contributed by atoms with E-state index in [4.69, 9.17) is 30.2 Å². The number of hydrogen-bond acceptors (Lipinski definition) is 2. The SMILES string of the molecule is C[N+](C)(C)c1ccc(NC(=S)NC(N)=S)cc1.[Cl-]. The predicted octanol–water partition coefficient (Wildman–Crippen LogP) is -1.58. The average Bonchev–Trinajstić information content (AvgIpc) is 2.15. The normalized spacial score (nSPS) is 10.2. The topological polar surface area (TPSA) is 50.1 Å². The van der Waals surface area contributed by atoms with Gasteiger partial charge in [-0.2, -0.15) is 0 Å². The molecule has 0 aromatic heterocycles. The number of anilines is 1. The lowest BCUT2D eigenvalue weighted by Gasteiger charge is -2.23. The van der Waals surface area contributed by atoms with Gasteiger partial charge in [0.2, 0.25) is 0 Å². The van der Waals surface area contributed by atoms with Crippen LogP contribution in [0.15, 0.2) is 24.3 Å². The summed E-state index contributed by atoms with van der Waals surface area (Å²) in [6.07, 6.45) is 0. The summed E-state index contributed by atoms with van der Waals surface area (Å²) in [5.74, 6) is 0. The Bertz CT molecular complexity index is 426. The molecule has 0 saturated carbocycles. The number of nitrogens with two attached hydrogens (primary N) is 1. The molecule has 0 bridgehead atoms. The second-order valence-corrected chi connectivity index (χ2v) is 5.35. The van der Waals surface area contributed by atoms with Crippen molar-refractivity contribution in [2.24, 2.45) is 5.73 Å². The van der Waals surface area contributed by atoms with Gasteiger partial charge in [-0.15, -0.1) is 0 Å². The number of nitrogens with one attached hydrogen (secondary N) is 2. The van der Waals surface area contributed by atoms with Crippen LogP contribution in [0.25, 0.3) is 0 Å². The third-order valence-electron chi connectivity index (χ3n) is 2.14. The molecule has 0 aliphatic heterocycles. The van der Waals surface area contributed by atoms with Gasteiger partial charge in [-0.1, -0.05) is 0 Å². The molecule has 0 aliphatic carbocycles. The first-order valence-electron chi connectivity index (χ1n) is 5.08. The van der Waals surface area contributed by atoms with Crippen LogP contribution in [0.3, 0.4) is 0 Å². The number of thiocarbonyl (C=S) groups is 2. The number of hydrogen-bond donors (Lipinski definition) is 3. The summed E-state index contributed by atoms with van der Waals surface area (Å²) in [5, 5.41) is 6.22. The van der Waals surface area contributed by atoms with Crippen molar-refractivity contribution in [2.45, 2.75) is 0 Å². The van der Waals surface area contributed by atoms with Crippen molar-refractivity contribution in [1.82, 2.24) is 9.80 Å². The lowest BCUT2D eigenvalue weighted by molar-refractivity contribution is -0.00000375. The molecule has 100 valence electrons. The Morgan fingerprint density at radius 3 is 2.00 bits per heavy atom. The Labute approximate surface area is 125 Å². The van der Waals surface area contributed by atoms with Gasteiger partial charge in [0.25, 0.3) is 0 Å². The fourth-order valence-corrected chi connectivity index (χ4v) is 1.66. The molecule has 1 aromatic rings. The van der Waals surface area contributed by atoms with Crippen LogP contribution in [0.5, 0.6) is 0 Å². The van der Waals surface area contributed by atoms with Gasteiger partial charge >= 0.3 is 0 Å². The maximum atomic E-state index is 5.32. The average molecular weight is 305 g/mol. The lowest BCUT2D eigenvalue weighted by atomic mass is 10.2. The molecule has 0 aliphatic rings. The number of rotatable bonds is 2. The molecular weight excluding hydrogens is 288 g/mol. The molecule has 7 heteroatoms. The highest BCUT2D eigenvalue weighted by Gasteiger charge is 2.11. The maximum Gasteiger partial charge on any atom is 0.177 e. The van der Waals surface area contributed by atoms with Crippen molar-refractivity contribution in [3.63, 3.8) is 0 Å². The molecule has 4 nitrogen and oxygen atoms in total. The highest BCUT2D eigenvalue weighted by atomic mass is 35.5. The van der Waals surface area contributed by atoms with Crippen molar-refractivity contribution >= 4 is 46.0 Å². The molecule has 18 heavy (non-hydrogen) atoms. The Hall–Kier alpha value is -0.950. The molecule has 1 rings (SSSR count). The van der Waals surface area contributed by atoms with Crippen molar-refractivity contribution in [3.8, 4) is 0 Å². The Balaban J connectivity index is 0.00000289. The van der Waals surface area contributed by atoms with Crippen LogP contribution in [0.4, 0.5) is 11.4 Å². The zero-order chi connectivity index (χ0) is 13.1. The van der Waals surface area contributed by atoms with E-state index in [1.807, 2.05) is 24.3 Å². The van der Waals surface area contributed by atoms with E-state index in [0.717, 1.165) is 10.2 Å². The van der Waals surface area contributed by atoms with E-state index < -0.39 is 0 Å². The molecule has 0 amide bonds. The van der Waals surface area contributed by atoms with Gasteiger partial charge in [-0.25, -0.2) is 0 Å². The van der Waals surface area contributed by atoms with Gasteiger partial charge in [-0.05, 0) is 36.6 Å². The highest BCUT2D eigenvalue weighted by Crippen LogP contribution is 2.19. The summed E-state index contributed by atoms with van der Waals surface area (Å²) < 4.78 is 0.774. The molecule has 4 N–H and O–H groups in total. The molecule has 0 fully saturated rings. The standard InChI is InChI=1S/C11H16N4S2.ClH/c1-15(2,3)9-6-4-8(5-7-9)13-11(17)14-10(12)16;/h4-7H,1-3H3,(H3-,12,13,14,16,17);1H. The summed E-state index contributed by atoms with van der Waals surface area (Å²) >= 11 is 9.72. The molecule has 1 aromatic carbocycles. The fraction of sp³-hybridized carbons (Fsp3) is 0.273. The Kier molecular flexibility index (Phi) is 6.48. The van der Waals surface area contributed by atoms with Gasteiger partial charge in [0.05, 0.1) is 21.1 Å². The summed E-state index contributed by atoms with van der Waals surface area (Å²) in [6, 6.07) is 8.02. The van der Waals surface area contributed by atoms with E-state index in [-0.39, 0.29) is 17.5 Å². The second kappa shape index (κ2) is 6.84. The maximum absolute atomic E-state index is 5.32. The molecule has 0 saturated heterocycles. The van der Waals surface area contributed by atoms with E-state index >= 15 is 0 Å². The van der Waals surface area contributed by atoms with Crippen LogP contribution >= 0.6 is 24.4 Å². The van der Waals surface area contributed by atoms with E-state index in [9.17, 15) is 0 Å². The zero-order valence-electron chi connectivity index (χ0n) is 10.5. The van der Waals surface area contributed by atoms with Crippen LogP contribution in [-0.2, 0) is 0 Å². The smallest absolute Gasteiger partial charge is 0.177 e. The second-order valence-electron chi connectivity index (χ2n) is 4.50. The predicted molar refractivity (Wildman–Crippen MR) is 82.1 cm³/mol. The van der Waals surface area contributed by atoms with Gasteiger partial charge in [-0.3, -0.25) is 4.48 Å². The molecule has 0 atom stereocenters. The number of quaternary nitrogens is 1. The van der Waals surface area contributed by atoms with E-state index in [1.165, 1.54) is 5.69 Å². The van der Waals surface area contributed by atoms with Crippen molar-refractivity contribution < 1.29 is 12.4 Å². The van der Waals surface area contributed by atoms with Gasteiger partial charge in [0.15, 0.2) is 10.2 Å². The van der Waals surface area contributed by atoms with E-state index in [2.05, 4.69) is 31.8 Å². The Morgan fingerprint density at radius 1 is 1.11 bits per heavy atom. The van der Waals surface area contributed by atoms with Crippen LogP contribution in [-0.4, -0.2) is 31.4 Å². The monoisotopic (exact) mass is 304 g/mol. The quantitative estimate of drug-likeness (QED) is 0.455. The van der Waals surface area contributed by atoms with Crippen LogP contribution in [0, 0.1) is 0 Å². The molecule has 0 spiro atoms. The van der Waals surface area contributed by atoms with E-state index in [1.54, 1.807) is 0 Å². The van der Waals surface area contributed by atoms with Gasteiger partial charge < -0.3 is 28.8 Å². The lowest BCUT2D eigenvalue weighted by Crippen LogP contribution is -3.00. The largest absolute Gasteiger partial charge is 1.00 e. The zero-order valence-corrected chi connectivity index (χ0v) is 12.9. The van der Waals surface area contributed by atoms with Crippen LogP contribution in [0.2, 0.25) is 0 Å². The molecule has 0 heterocycles. The summed E-state index contributed by atoms with van der Waals surface area (Å²) in [4.78, 5) is 0. The Morgan fingerprint density at radius 2 is 1.61 bits per heavy atom. The first kappa shape index (κ1) is 17.1. The van der Waals surface area contributed by atoms with Crippen molar-refractivity contribution in [1.29, 1.82) is 0 Å². The van der Waals surface area contributed by atoms with E-state index in [0.29, 0.717) is 5.11 Å². The third kappa shape index (κ3) is 5.59. The summed E-state index contributed by atoms with van der Waals surface area (Å²) in [5.41, 5.74) is 7.43. The van der Waals surface area contributed by atoms with Gasteiger partial charge in [0, 0.05) is 17.8 Å². The number of nitrogens with zero attached hydrogens (tertiary/aromatic N) is 1. The fourth-order valence-electron chi connectivity index (χ4n) is 1.27. The van der Waals surface area contributed by atoms with Gasteiger partial charge in [0.1, 0.15) is 5.69 Å². The minimum absolute atomic E-state index is 0. The minimum atomic E-state index is 0. The van der Waals surface area contributed by atoms with Crippen LogP contribution < -0.4 is 33.3 Å². The van der Waals surface area contributed by atoms with Crippen molar-refractivity contribution in [2.75, 3.05) is 26.5 Å². The summed E-state index contributed by atoms with van der Waals surface area (Å²) in [6.45, 7) is 0. The number of benzene rings is 1. The molecular formula is C11H17ClN4S2. The summed E-state index contributed by atoms with van der Waals surface area (Å²) in [7, 11) is 6.34. The number of halogens is 1. The minimum Gasteiger partial charge on any atom is -1.00 e. The first-order chi connectivity index (χ1) is 7.79. The third-order valence-corrected chi connectivity index (χ3v) is 2.44. The first-order valence-corrected chi connectivity index (χ1v) is 5.90. The van der Waals surface area contributed by atoms with Crippen molar-refractivity contribution in [3.05, 3.63) is 24.3 Å². The molecule has 0 radical (unpaired) electrons. The molecule has 0 unspecified atom stereocenters.